The lowest BCUT2D eigenvalue weighted by atomic mass is 10.2. The molecule has 1 aromatic carbocycles. The lowest BCUT2D eigenvalue weighted by molar-refractivity contribution is -0.119. The van der Waals surface area contributed by atoms with Crippen LogP contribution in [0.1, 0.15) is 6.42 Å². The normalized spacial score (nSPS) is 20.6. The van der Waals surface area contributed by atoms with Gasteiger partial charge in [0.05, 0.1) is 23.7 Å². The maximum atomic E-state index is 13.3. The molecule has 0 spiro atoms. The highest BCUT2D eigenvalue weighted by Gasteiger charge is 2.28. The zero-order valence-corrected chi connectivity index (χ0v) is 11.3. The van der Waals surface area contributed by atoms with Gasteiger partial charge >= 0.3 is 0 Å². The molecule has 0 aromatic heterocycles. The number of hydrogen-bond acceptors (Lipinski definition) is 4. The van der Waals surface area contributed by atoms with Gasteiger partial charge in [-0.2, -0.15) is 0 Å². The van der Waals surface area contributed by atoms with Crippen molar-refractivity contribution in [3.63, 3.8) is 0 Å². The molecule has 2 rings (SSSR count). The minimum atomic E-state index is -3.07. The molecule has 0 bridgehead atoms. The first-order valence-corrected chi connectivity index (χ1v) is 7.86. The van der Waals surface area contributed by atoms with E-state index >= 15 is 0 Å². The molecular formula is C12H14F2N2O3S. The summed E-state index contributed by atoms with van der Waals surface area (Å²) in [5, 5.41) is 5.01. The third-order valence-electron chi connectivity index (χ3n) is 2.97. The van der Waals surface area contributed by atoms with Gasteiger partial charge in [0.25, 0.3) is 0 Å². The number of hydrogen-bond donors (Lipinski definition) is 2. The van der Waals surface area contributed by atoms with Crippen LogP contribution >= 0.6 is 0 Å². The van der Waals surface area contributed by atoms with Crippen LogP contribution in [0.4, 0.5) is 14.5 Å². The van der Waals surface area contributed by atoms with Crippen molar-refractivity contribution in [3.8, 4) is 0 Å². The minimum Gasteiger partial charge on any atom is -0.374 e. The SMILES string of the molecule is O=C(CNc1cc(F)ccc1F)NC1CCS(=O)(=O)C1. The van der Waals surface area contributed by atoms with Crippen LogP contribution in [0.15, 0.2) is 18.2 Å². The number of rotatable bonds is 4. The topological polar surface area (TPSA) is 75.3 Å². The Hall–Kier alpha value is -1.70. The highest BCUT2D eigenvalue weighted by Crippen LogP contribution is 2.15. The molecule has 1 aliphatic heterocycles. The number of carbonyl (C=O) groups is 1. The van der Waals surface area contributed by atoms with E-state index in [1.165, 1.54) is 0 Å². The molecule has 1 aromatic rings. The summed E-state index contributed by atoms with van der Waals surface area (Å²) in [6, 6.07) is 2.47. The van der Waals surface area contributed by atoms with Crippen LogP contribution in [0.25, 0.3) is 0 Å². The van der Waals surface area contributed by atoms with E-state index in [4.69, 9.17) is 0 Å². The molecule has 0 radical (unpaired) electrons. The predicted octanol–water partition coefficient (Wildman–Crippen LogP) is 0.680. The van der Waals surface area contributed by atoms with Crippen LogP contribution in [0.3, 0.4) is 0 Å². The number of nitrogens with one attached hydrogen (secondary N) is 2. The van der Waals surface area contributed by atoms with Gasteiger partial charge in [0.2, 0.25) is 5.91 Å². The lowest BCUT2D eigenvalue weighted by Gasteiger charge is -2.12. The van der Waals surface area contributed by atoms with Crippen molar-refractivity contribution >= 4 is 21.4 Å². The Morgan fingerprint density at radius 2 is 2.10 bits per heavy atom. The molecule has 20 heavy (non-hydrogen) atoms. The Bertz CT molecular complexity index is 619. The first-order chi connectivity index (χ1) is 9.35. The smallest absolute Gasteiger partial charge is 0.239 e. The van der Waals surface area contributed by atoms with E-state index in [9.17, 15) is 22.0 Å². The molecule has 110 valence electrons. The Balaban J connectivity index is 1.85. The fourth-order valence-electron chi connectivity index (χ4n) is 2.00. The van der Waals surface area contributed by atoms with Crippen molar-refractivity contribution in [2.24, 2.45) is 0 Å². The van der Waals surface area contributed by atoms with E-state index in [1.54, 1.807) is 0 Å². The summed E-state index contributed by atoms with van der Waals surface area (Å²) in [6.07, 6.45) is 0.377. The second-order valence-corrected chi connectivity index (χ2v) is 6.87. The third kappa shape index (κ3) is 3.89. The van der Waals surface area contributed by atoms with Gasteiger partial charge in [-0.25, -0.2) is 17.2 Å². The molecule has 0 saturated carbocycles. The molecule has 1 atom stereocenters. The summed E-state index contributed by atoms with van der Waals surface area (Å²) in [5.41, 5.74) is -0.112. The van der Waals surface area contributed by atoms with Crippen molar-refractivity contribution in [2.75, 3.05) is 23.4 Å². The summed E-state index contributed by atoms with van der Waals surface area (Å²) in [4.78, 5) is 11.6. The number of carbonyl (C=O) groups excluding carboxylic acids is 1. The van der Waals surface area contributed by atoms with E-state index in [0.29, 0.717) is 6.42 Å². The van der Waals surface area contributed by atoms with Gasteiger partial charge in [-0.15, -0.1) is 0 Å². The fraction of sp³-hybridized carbons (Fsp3) is 0.417. The first-order valence-electron chi connectivity index (χ1n) is 6.04. The summed E-state index contributed by atoms with van der Waals surface area (Å²) in [5.74, 6) is -1.76. The summed E-state index contributed by atoms with van der Waals surface area (Å²) in [7, 11) is -3.07. The van der Waals surface area contributed by atoms with Crippen LogP contribution in [-0.2, 0) is 14.6 Å². The monoisotopic (exact) mass is 304 g/mol. The number of benzene rings is 1. The van der Waals surface area contributed by atoms with Crippen molar-refractivity contribution in [1.29, 1.82) is 0 Å². The van der Waals surface area contributed by atoms with Crippen molar-refractivity contribution in [1.82, 2.24) is 5.32 Å². The molecule has 1 saturated heterocycles. The van der Waals surface area contributed by atoms with Crippen LogP contribution in [0.5, 0.6) is 0 Å². The average Bonchev–Trinajstić information content (AvgIpc) is 2.70. The standard InChI is InChI=1S/C12H14F2N2O3S/c13-8-1-2-10(14)11(5-8)15-6-12(17)16-9-3-4-20(18,19)7-9/h1-2,5,9,15H,3-4,6-7H2,(H,16,17). The second-order valence-electron chi connectivity index (χ2n) is 4.65. The molecule has 0 aliphatic carbocycles. The number of amides is 1. The highest BCUT2D eigenvalue weighted by atomic mass is 32.2. The van der Waals surface area contributed by atoms with E-state index in [1.807, 2.05) is 0 Å². The van der Waals surface area contributed by atoms with Gasteiger partial charge in [-0.3, -0.25) is 4.79 Å². The van der Waals surface area contributed by atoms with Crippen LogP contribution < -0.4 is 10.6 Å². The molecule has 5 nitrogen and oxygen atoms in total. The summed E-state index contributed by atoms with van der Waals surface area (Å²) < 4.78 is 48.6. The second kappa shape index (κ2) is 5.74. The first kappa shape index (κ1) is 14.7. The van der Waals surface area contributed by atoms with Crippen LogP contribution in [-0.4, -0.2) is 38.4 Å². The molecule has 1 heterocycles. The largest absolute Gasteiger partial charge is 0.374 e. The van der Waals surface area contributed by atoms with Gasteiger partial charge in [0.1, 0.15) is 11.6 Å². The molecule has 8 heteroatoms. The van der Waals surface area contributed by atoms with Crippen LogP contribution in [0, 0.1) is 11.6 Å². The quantitative estimate of drug-likeness (QED) is 0.858. The van der Waals surface area contributed by atoms with Gasteiger partial charge in [-0.05, 0) is 24.6 Å². The van der Waals surface area contributed by atoms with E-state index in [-0.39, 0.29) is 23.7 Å². The van der Waals surface area contributed by atoms with E-state index in [0.717, 1.165) is 18.2 Å². The molecular weight excluding hydrogens is 290 g/mol. The lowest BCUT2D eigenvalue weighted by Crippen LogP contribution is -2.39. The number of sulfone groups is 1. The molecule has 1 unspecified atom stereocenters. The van der Waals surface area contributed by atoms with Crippen LogP contribution in [0.2, 0.25) is 0 Å². The van der Waals surface area contributed by atoms with Gasteiger partial charge < -0.3 is 10.6 Å². The zero-order valence-electron chi connectivity index (χ0n) is 10.5. The maximum absolute atomic E-state index is 13.3. The Morgan fingerprint density at radius 1 is 1.35 bits per heavy atom. The fourth-order valence-corrected chi connectivity index (χ4v) is 3.67. The Kier molecular flexibility index (Phi) is 4.22. The third-order valence-corrected chi connectivity index (χ3v) is 4.73. The zero-order chi connectivity index (χ0) is 14.8. The van der Waals surface area contributed by atoms with Gasteiger partial charge in [0.15, 0.2) is 9.84 Å². The Labute approximate surface area is 115 Å². The summed E-state index contributed by atoms with van der Waals surface area (Å²) >= 11 is 0. The van der Waals surface area contributed by atoms with Gasteiger partial charge in [0, 0.05) is 6.04 Å². The minimum absolute atomic E-state index is 0.0594. The number of anilines is 1. The van der Waals surface area contributed by atoms with E-state index in [2.05, 4.69) is 10.6 Å². The maximum Gasteiger partial charge on any atom is 0.239 e. The van der Waals surface area contributed by atoms with Gasteiger partial charge in [-0.1, -0.05) is 0 Å². The number of halogens is 2. The van der Waals surface area contributed by atoms with Crippen molar-refractivity contribution < 1.29 is 22.0 Å². The molecule has 1 fully saturated rings. The molecule has 1 amide bonds. The summed E-state index contributed by atoms with van der Waals surface area (Å²) in [6.45, 7) is -0.253. The van der Waals surface area contributed by atoms with Crippen molar-refractivity contribution in [2.45, 2.75) is 12.5 Å². The van der Waals surface area contributed by atoms with Crippen molar-refractivity contribution in [3.05, 3.63) is 29.8 Å². The molecule has 2 N–H and O–H groups in total. The molecule has 1 aliphatic rings. The highest BCUT2D eigenvalue weighted by molar-refractivity contribution is 7.91. The average molecular weight is 304 g/mol. The Morgan fingerprint density at radius 3 is 2.75 bits per heavy atom. The van der Waals surface area contributed by atoms with E-state index < -0.39 is 33.4 Å². The predicted molar refractivity (Wildman–Crippen MR) is 70.0 cm³/mol.